The van der Waals surface area contributed by atoms with Crippen molar-refractivity contribution in [3.63, 3.8) is 0 Å². The maximum atomic E-state index is 5.67. The van der Waals surface area contributed by atoms with Gasteiger partial charge < -0.3 is 4.42 Å². The van der Waals surface area contributed by atoms with Gasteiger partial charge >= 0.3 is 5.35 Å². The molecule has 3 rings (SSSR count). The number of halogens is 1. The van der Waals surface area contributed by atoms with E-state index in [0.717, 1.165) is 19.3 Å². The van der Waals surface area contributed by atoms with Gasteiger partial charge in [-0.1, -0.05) is 29.4 Å². The van der Waals surface area contributed by atoms with Gasteiger partial charge in [-0.3, -0.25) is 0 Å². The molecular formula is C12H11ClN2O. The first-order valence-corrected chi connectivity index (χ1v) is 5.79. The molecule has 0 saturated carbocycles. The molecule has 0 aliphatic heterocycles. The zero-order valence-electron chi connectivity index (χ0n) is 8.69. The summed E-state index contributed by atoms with van der Waals surface area (Å²) in [5.74, 6) is 0.849. The summed E-state index contributed by atoms with van der Waals surface area (Å²) in [7, 11) is 0. The molecule has 0 N–H and O–H groups in total. The van der Waals surface area contributed by atoms with Gasteiger partial charge in [0.25, 0.3) is 0 Å². The van der Waals surface area contributed by atoms with E-state index in [1.165, 1.54) is 11.1 Å². The molecule has 82 valence electrons. The third-order valence-electron chi connectivity index (χ3n) is 3.08. The molecule has 0 amide bonds. The van der Waals surface area contributed by atoms with Gasteiger partial charge in [0.15, 0.2) is 0 Å². The molecule has 0 bridgehead atoms. The van der Waals surface area contributed by atoms with Gasteiger partial charge in [0, 0.05) is 0 Å². The van der Waals surface area contributed by atoms with E-state index in [9.17, 15) is 0 Å². The average molecular weight is 235 g/mol. The lowest BCUT2D eigenvalue weighted by atomic mass is 9.83. The molecule has 4 heteroatoms. The lowest BCUT2D eigenvalue weighted by Gasteiger charge is -2.22. The SMILES string of the molecule is Clc1nnc(C2CCCc3ccccc32)o1. The van der Waals surface area contributed by atoms with Crippen LogP contribution in [0.2, 0.25) is 5.35 Å². The van der Waals surface area contributed by atoms with Crippen molar-refractivity contribution in [2.24, 2.45) is 0 Å². The van der Waals surface area contributed by atoms with Gasteiger partial charge in [-0.05, 0) is 42.0 Å². The molecule has 2 aromatic rings. The molecule has 1 aromatic carbocycles. The summed E-state index contributed by atoms with van der Waals surface area (Å²) >= 11 is 5.67. The number of nitrogens with zero attached hydrogens (tertiary/aromatic N) is 2. The van der Waals surface area contributed by atoms with E-state index in [4.69, 9.17) is 16.0 Å². The van der Waals surface area contributed by atoms with Crippen LogP contribution in [0.15, 0.2) is 28.7 Å². The first-order chi connectivity index (χ1) is 7.84. The average Bonchev–Trinajstić information content (AvgIpc) is 2.75. The number of hydrogen-bond donors (Lipinski definition) is 0. The van der Waals surface area contributed by atoms with E-state index in [0.29, 0.717) is 5.89 Å². The first kappa shape index (κ1) is 9.85. The standard InChI is InChI=1S/C12H11ClN2O/c13-12-15-14-11(16-12)10-7-3-5-8-4-1-2-6-9(8)10/h1-2,4,6,10H,3,5,7H2. The molecule has 1 aromatic heterocycles. The zero-order chi connectivity index (χ0) is 11.0. The summed E-state index contributed by atoms with van der Waals surface area (Å²) in [6.07, 6.45) is 3.34. The first-order valence-electron chi connectivity index (χ1n) is 5.41. The minimum absolute atomic E-state index is 0.123. The molecule has 0 saturated heterocycles. The third-order valence-corrected chi connectivity index (χ3v) is 3.24. The van der Waals surface area contributed by atoms with Crippen LogP contribution in [0.3, 0.4) is 0 Å². The second kappa shape index (κ2) is 3.91. The Morgan fingerprint density at radius 2 is 2.12 bits per heavy atom. The molecule has 0 spiro atoms. The van der Waals surface area contributed by atoms with E-state index in [2.05, 4.69) is 34.5 Å². The van der Waals surface area contributed by atoms with E-state index in [1.54, 1.807) is 0 Å². The van der Waals surface area contributed by atoms with Crippen LogP contribution in [0.5, 0.6) is 0 Å². The smallest absolute Gasteiger partial charge is 0.312 e. The minimum Gasteiger partial charge on any atom is -0.411 e. The molecule has 16 heavy (non-hydrogen) atoms. The minimum atomic E-state index is 0.123. The maximum absolute atomic E-state index is 5.67. The second-order valence-corrected chi connectivity index (χ2v) is 4.36. The van der Waals surface area contributed by atoms with E-state index < -0.39 is 0 Å². The van der Waals surface area contributed by atoms with E-state index in [1.807, 2.05) is 0 Å². The second-order valence-electron chi connectivity index (χ2n) is 4.04. The Labute approximate surface area is 98.4 Å². The van der Waals surface area contributed by atoms with Crippen molar-refractivity contribution in [3.05, 3.63) is 46.6 Å². The monoisotopic (exact) mass is 234 g/mol. The number of fused-ring (bicyclic) bond motifs is 1. The third kappa shape index (κ3) is 1.61. The number of benzene rings is 1. The van der Waals surface area contributed by atoms with Gasteiger partial charge in [-0.15, -0.1) is 5.10 Å². The highest BCUT2D eigenvalue weighted by Crippen LogP contribution is 2.36. The number of aromatic nitrogens is 2. The molecule has 1 heterocycles. The Balaban J connectivity index is 2.04. The predicted molar refractivity (Wildman–Crippen MR) is 60.5 cm³/mol. The fourth-order valence-corrected chi connectivity index (χ4v) is 2.48. The van der Waals surface area contributed by atoms with Gasteiger partial charge in [-0.25, -0.2) is 0 Å². The fraction of sp³-hybridized carbons (Fsp3) is 0.333. The Morgan fingerprint density at radius 3 is 2.94 bits per heavy atom. The molecule has 1 aliphatic carbocycles. The highest BCUT2D eigenvalue weighted by molar-refractivity contribution is 6.27. The van der Waals surface area contributed by atoms with E-state index >= 15 is 0 Å². The molecule has 1 unspecified atom stereocenters. The largest absolute Gasteiger partial charge is 0.411 e. The quantitative estimate of drug-likeness (QED) is 0.761. The summed E-state index contributed by atoms with van der Waals surface area (Å²) in [6, 6.07) is 8.42. The highest BCUT2D eigenvalue weighted by Gasteiger charge is 2.25. The maximum Gasteiger partial charge on any atom is 0.312 e. The Bertz CT molecular complexity index is 509. The van der Waals surface area contributed by atoms with Crippen molar-refractivity contribution in [1.82, 2.24) is 10.2 Å². The summed E-state index contributed by atoms with van der Waals surface area (Å²) in [5, 5.41) is 7.83. The van der Waals surface area contributed by atoms with Gasteiger partial charge in [-0.2, -0.15) is 0 Å². The van der Waals surface area contributed by atoms with Crippen molar-refractivity contribution in [1.29, 1.82) is 0 Å². The molecular weight excluding hydrogens is 224 g/mol. The van der Waals surface area contributed by atoms with Crippen LogP contribution >= 0.6 is 11.6 Å². The van der Waals surface area contributed by atoms with Crippen molar-refractivity contribution in [2.75, 3.05) is 0 Å². The lowest BCUT2D eigenvalue weighted by molar-refractivity contribution is 0.443. The Hall–Kier alpha value is -1.35. The van der Waals surface area contributed by atoms with Crippen LogP contribution in [0.4, 0.5) is 0 Å². The summed E-state index contributed by atoms with van der Waals surface area (Å²) in [6.45, 7) is 0. The molecule has 3 nitrogen and oxygen atoms in total. The normalized spacial score (nSPS) is 19.4. The number of aryl methyl sites for hydroxylation is 1. The lowest BCUT2D eigenvalue weighted by Crippen LogP contribution is -2.11. The van der Waals surface area contributed by atoms with Crippen LogP contribution in [0.25, 0.3) is 0 Å². The molecule has 1 aliphatic rings. The van der Waals surface area contributed by atoms with Crippen molar-refractivity contribution >= 4 is 11.6 Å². The fourth-order valence-electron chi connectivity index (χ4n) is 2.37. The van der Waals surface area contributed by atoms with Crippen LogP contribution in [-0.4, -0.2) is 10.2 Å². The van der Waals surface area contributed by atoms with Crippen molar-refractivity contribution in [3.8, 4) is 0 Å². The Kier molecular flexibility index (Phi) is 2.40. The van der Waals surface area contributed by atoms with Crippen LogP contribution in [0, 0.1) is 0 Å². The predicted octanol–water partition coefficient (Wildman–Crippen LogP) is 3.19. The molecule has 0 radical (unpaired) electrons. The van der Waals surface area contributed by atoms with Gasteiger partial charge in [0.1, 0.15) is 0 Å². The number of hydrogen-bond acceptors (Lipinski definition) is 3. The van der Waals surface area contributed by atoms with Crippen LogP contribution in [0.1, 0.15) is 35.8 Å². The number of rotatable bonds is 1. The van der Waals surface area contributed by atoms with Crippen LogP contribution in [-0.2, 0) is 6.42 Å². The molecule has 1 atom stereocenters. The van der Waals surface area contributed by atoms with Crippen molar-refractivity contribution in [2.45, 2.75) is 25.2 Å². The summed E-state index contributed by atoms with van der Waals surface area (Å²) < 4.78 is 5.32. The van der Waals surface area contributed by atoms with Gasteiger partial charge in [0.05, 0.1) is 5.92 Å². The molecule has 0 fully saturated rings. The zero-order valence-corrected chi connectivity index (χ0v) is 9.44. The van der Waals surface area contributed by atoms with Crippen molar-refractivity contribution < 1.29 is 4.42 Å². The summed E-state index contributed by atoms with van der Waals surface area (Å²) in [4.78, 5) is 0. The topological polar surface area (TPSA) is 38.9 Å². The Morgan fingerprint density at radius 1 is 1.25 bits per heavy atom. The highest BCUT2D eigenvalue weighted by atomic mass is 35.5. The van der Waals surface area contributed by atoms with Crippen LogP contribution < -0.4 is 0 Å². The summed E-state index contributed by atoms with van der Waals surface area (Å²) in [5.41, 5.74) is 2.68. The van der Waals surface area contributed by atoms with Gasteiger partial charge in [0.2, 0.25) is 5.89 Å². The van der Waals surface area contributed by atoms with E-state index in [-0.39, 0.29) is 11.3 Å².